The number of sulfone groups is 1. The Morgan fingerprint density at radius 3 is 2.45 bits per heavy atom. The topological polar surface area (TPSA) is 101 Å². The van der Waals surface area contributed by atoms with E-state index in [2.05, 4.69) is 4.98 Å². The van der Waals surface area contributed by atoms with E-state index in [0.717, 1.165) is 6.07 Å². The number of nitrogens with zero attached hydrogens (tertiary/aromatic N) is 1. The van der Waals surface area contributed by atoms with Crippen LogP contribution in [0.3, 0.4) is 0 Å². The molecule has 0 saturated carbocycles. The van der Waals surface area contributed by atoms with Crippen LogP contribution >= 0.6 is 0 Å². The Kier molecular flexibility index (Phi) is 2.48. The maximum Gasteiger partial charge on any atom is 0.354 e. The highest BCUT2D eigenvalue weighted by Gasteiger charge is 2.36. The van der Waals surface area contributed by atoms with E-state index in [0.29, 0.717) is 0 Å². The summed E-state index contributed by atoms with van der Waals surface area (Å²) in [7, 11) is -3.99. The summed E-state index contributed by atoms with van der Waals surface area (Å²) in [6.45, 7) is 0. The van der Waals surface area contributed by atoms with Gasteiger partial charge in [-0.1, -0.05) is 12.1 Å². The molecule has 2 aromatic rings. The number of fused-ring (bicyclic) bond motifs is 2. The van der Waals surface area contributed by atoms with Crippen LogP contribution in [-0.4, -0.2) is 30.3 Å². The summed E-state index contributed by atoms with van der Waals surface area (Å²) in [6.07, 6.45) is 0. The van der Waals surface area contributed by atoms with E-state index in [9.17, 15) is 18.0 Å². The lowest BCUT2D eigenvalue weighted by molar-refractivity contribution is 0.0689. The fourth-order valence-corrected chi connectivity index (χ4v) is 3.66. The summed E-state index contributed by atoms with van der Waals surface area (Å²) in [5.74, 6) is -1.83. The number of benzene rings is 1. The van der Waals surface area contributed by atoms with Crippen molar-refractivity contribution in [3.8, 4) is 0 Å². The third-order valence-electron chi connectivity index (χ3n) is 3.00. The molecule has 0 aliphatic carbocycles. The molecule has 20 heavy (non-hydrogen) atoms. The summed E-state index contributed by atoms with van der Waals surface area (Å²) in [5.41, 5.74) is -0.446. The van der Waals surface area contributed by atoms with E-state index in [-0.39, 0.29) is 16.0 Å². The molecule has 0 spiro atoms. The minimum atomic E-state index is -3.99. The largest absolute Gasteiger partial charge is 0.477 e. The van der Waals surface area contributed by atoms with Gasteiger partial charge in [0, 0.05) is 5.56 Å². The van der Waals surface area contributed by atoms with Gasteiger partial charge in [-0.25, -0.2) is 18.2 Å². The van der Waals surface area contributed by atoms with Crippen LogP contribution in [0.25, 0.3) is 0 Å². The van der Waals surface area contributed by atoms with Crippen molar-refractivity contribution in [1.29, 1.82) is 0 Å². The second-order valence-electron chi connectivity index (χ2n) is 4.18. The monoisotopic (exact) mass is 289 g/mol. The number of carbonyl (C=O) groups is 2. The number of pyridine rings is 1. The molecule has 0 fully saturated rings. The fraction of sp³-hybridized carbons (Fsp3) is 0. The molecule has 0 atom stereocenters. The van der Waals surface area contributed by atoms with Crippen molar-refractivity contribution in [3.05, 3.63) is 53.2 Å². The standard InChI is InChI=1S/C13H7NO5S/c15-11-7-3-1-2-4-10(7)20(18,19)12-8(11)5-6-9(14-12)13(16)17/h1-6H,(H,16,17). The molecular formula is C13H7NO5S. The van der Waals surface area contributed by atoms with Crippen LogP contribution in [0.5, 0.6) is 0 Å². The highest BCUT2D eigenvalue weighted by Crippen LogP contribution is 2.32. The van der Waals surface area contributed by atoms with Crippen molar-refractivity contribution >= 4 is 21.6 Å². The van der Waals surface area contributed by atoms with Crippen molar-refractivity contribution < 1.29 is 23.1 Å². The second kappa shape index (κ2) is 3.97. The van der Waals surface area contributed by atoms with Gasteiger partial charge in [0.2, 0.25) is 9.84 Å². The van der Waals surface area contributed by atoms with Gasteiger partial charge in [0.15, 0.2) is 10.8 Å². The smallest absolute Gasteiger partial charge is 0.354 e. The molecule has 3 rings (SSSR count). The van der Waals surface area contributed by atoms with Gasteiger partial charge in [-0.05, 0) is 24.3 Å². The molecule has 0 bridgehead atoms. The molecule has 1 aromatic carbocycles. The number of hydrogen-bond donors (Lipinski definition) is 1. The van der Waals surface area contributed by atoms with E-state index < -0.39 is 32.3 Å². The molecule has 0 amide bonds. The van der Waals surface area contributed by atoms with Crippen molar-refractivity contribution in [3.63, 3.8) is 0 Å². The first-order valence-electron chi connectivity index (χ1n) is 5.56. The number of aromatic carboxylic acids is 1. The molecule has 0 unspecified atom stereocenters. The van der Waals surface area contributed by atoms with Gasteiger partial charge < -0.3 is 5.11 Å². The summed E-state index contributed by atoms with van der Waals surface area (Å²) in [4.78, 5) is 26.6. The first-order valence-corrected chi connectivity index (χ1v) is 7.04. The van der Waals surface area contributed by atoms with Gasteiger partial charge >= 0.3 is 5.97 Å². The molecule has 1 aliphatic rings. The molecule has 100 valence electrons. The number of hydrogen-bond acceptors (Lipinski definition) is 5. The predicted octanol–water partition coefficient (Wildman–Crippen LogP) is 1.16. The van der Waals surface area contributed by atoms with Crippen molar-refractivity contribution in [1.82, 2.24) is 4.98 Å². The number of ketones is 1. The molecule has 1 N–H and O–H groups in total. The quantitative estimate of drug-likeness (QED) is 0.721. The van der Waals surface area contributed by atoms with Gasteiger partial charge in [-0.2, -0.15) is 0 Å². The molecule has 7 heteroatoms. The average molecular weight is 289 g/mol. The van der Waals surface area contributed by atoms with Crippen LogP contribution in [0.4, 0.5) is 0 Å². The Balaban J connectivity index is 2.38. The van der Waals surface area contributed by atoms with Crippen LogP contribution in [0, 0.1) is 0 Å². The Hall–Kier alpha value is -2.54. The zero-order valence-electron chi connectivity index (χ0n) is 9.90. The van der Waals surface area contributed by atoms with E-state index in [1.165, 1.54) is 24.3 Å². The van der Waals surface area contributed by atoms with Gasteiger partial charge in [0.25, 0.3) is 0 Å². The highest BCUT2D eigenvalue weighted by atomic mass is 32.2. The Labute approximate surface area is 113 Å². The molecular weight excluding hydrogens is 282 g/mol. The minimum absolute atomic E-state index is 0.0740. The van der Waals surface area contributed by atoms with Gasteiger partial charge in [-0.15, -0.1) is 0 Å². The zero-order chi connectivity index (χ0) is 14.5. The normalized spacial score (nSPS) is 15.3. The first-order chi connectivity index (χ1) is 9.43. The van der Waals surface area contributed by atoms with E-state index >= 15 is 0 Å². The third kappa shape index (κ3) is 1.56. The molecule has 0 saturated heterocycles. The third-order valence-corrected chi connectivity index (χ3v) is 4.76. The highest BCUT2D eigenvalue weighted by molar-refractivity contribution is 7.91. The summed E-state index contributed by atoms with van der Waals surface area (Å²) >= 11 is 0. The van der Waals surface area contributed by atoms with Gasteiger partial charge in [0.05, 0.1) is 10.5 Å². The number of carbonyl (C=O) groups excluding carboxylic acids is 1. The SMILES string of the molecule is O=C(O)c1ccc2c(n1)S(=O)(=O)c1ccccc1C2=O. The first kappa shape index (κ1) is 12.5. The predicted molar refractivity (Wildman–Crippen MR) is 66.5 cm³/mol. The van der Waals surface area contributed by atoms with Crippen LogP contribution < -0.4 is 0 Å². The molecule has 6 nitrogen and oxygen atoms in total. The van der Waals surface area contributed by atoms with Crippen LogP contribution in [0.1, 0.15) is 26.4 Å². The lowest BCUT2D eigenvalue weighted by Gasteiger charge is -2.17. The number of carboxylic acids is 1. The van der Waals surface area contributed by atoms with Crippen molar-refractivity contribution in [2.24, 2.45) is 0 Å². The summed E-state index contributed by atoms with van der Waals surface area (Å²) in [6, 6.07) is 8.08. The van der Waals surface area contributed by atoms with E-state index in [1.807, 2.05) is 0 Å². The lowest BCUT2D eigenvalue weighted by atomic mass is 10.0. The Morgan fingerprint density at radius 2 is 1.75 bits per heavy atom. The lowest BCUT2D eigenvalue weighted by Crippen LogP contribution is -2.22. The zero-order valence-corrected chi connectivity index (χ0v) is 10.7. The maximum absolute atomic E-state index is 12.4. The van der Waals surface area contributed by atoms with Crippen LogP contribution in [0.2, 0.25) is 0 Å². The molecule has 0 radical (unpaired) electrons. The summed E-state index contributed by atoms with van der Waals surface area (Å²) < 4.78 is 24.8. The number of carboxylic acid groups (broad SMARTS) is 1. The number of aromatic nitrogens is 1. The van der Waals surface area contributed by atoms with Gasteiger partial charge in [-0.3, -0.25) is 4.79 Å². The molecule has 1 aliphatic heterocycles. The van der Waals surface area contributed by atoms with Crippen molar-refractivity contribution in [2.45, 2.75) is 9.92 Å². The van der Waals surface area contributed by atoms with E-state index in [4.69, 9.17) is 5.11 Å². The summed E-state index contributed by atoms with van der Waals surface area (Å²) in [5, 5.41) is 8.38. The minimum Gasteiger partial charge on any atom is -0.477 e. The molecule has 1 aromatic heterocycles. The average Bonchev–Trinajstić information content (AvgIpc) is 2.44. The Morgan fingerprint density at radius 1 is 1.05 bits per heavy atom. The van der Waals surface area contributed by atoms with Crippen molar-refractivity contribution in [2.75, 3.05) is 0 Å². The van der Waals surface area contributed by atoms with E-state index in [1.54, 1.807) is 6.07 Å². The maximum atomic E-state index is 12.4. The molecule has 2 heterocycles. The van der Waals surface area contributed by atoms with Crippen LogP contribution in [-0.2, 0) is 9.84 Å². The number of rotatable bonds is 1. The second-order valence-corrected chi connectivity index (χ2v) is 6.02. The van der Waals surface area contributed by atoms with Gasteiger partial charge in [0.1, 0.15) is 5.69 Å². The fourth-order valence-electron chi connectivity index (χ4n) is 2.08. The Bertz CT molecular complexity index is 870. The van der Waals surface area contributed by atoms with Crippen LogP contribution in [0.15, 0.2) is 46.3 Å².